The van der Waals surface area contributed by atoms with Crippen molar-refractivity contribution in [2.45, 2.75) is 13.3 Å². The summed E-state index contributed by atoms with van der Waals surface area (Å²) in [5, 5.41) is 0. The predicted molar refractivity (Wildman–Crippen MR) is 49.1 cm³/mol. The molecule has 0 atom stereocenters. The van der Waals surface area contributed by atoms with Crippen molar-refractivity contribution in [3.8, 4) is 0 Å². The fraction of sp³-hybridized carbons (Fsp3) is 0.300. The van der Waals surface area contributed by atoms with Crippen molar-refractivity contribution in [3.05, 3.63) is 34.9 Å². The van der Waals surface area contributed by atoms with Gasteiger partial charge in [0, 0.05) is 12.0 Å². The number of carbonyl (C=O) groups excluding carboxylic acids is 1. The van der Waals surface area contributed by atoms with Gasteiger partial charge in [0.2, 0.25) is 0 Å². The third-order valence-electron chi connectivity index (χ3n) is 1.99. The summed E-state index contributed by atoms with van der Waals surface area (Å²) < 4.78 is 26.2. The molecule has 2 N–H and O–H groups in total. The second-order valence-corrected chi connectivity index (χ2v) is 3.00. The topological polar surface area (TPSA) is 43.1 Å². The maximum Gasteiger partial charge on any atom is 0.167 e. The van der Waals surface area contributed by atoms with E-state index in [1.807, 2.05) is 0 Å². The van der Waals surface area contributed by atoms with Gasteiger partial charge in [-0.05, 0) is 25.6 Å². The maximum absolute atomic E-state index is 13.3. The van der Waals surface area contributed by atoms with Gasteiger partial charge in [0.1, 0.15) is 11.6 Å². The Morgan fingerprint density at radius 2 is 2.07 bits per heavy atom. The maximum atomic E-state index is 13.3. The van der Waals surface area contributed by atoms with Crippen molar-refractivity contribution in [1.29, 1.82) is 0 Å². The van der Waals surface area contributed by atoms with Crippen LogP contribution < -0.4 is 5.73 Å². The van der Waals surface area contributed by atoms with Crippen LogP contribution >= 0.6 is 0 Å². The fourth-order valence-electron chi connectivity index (χ4n) is 1.14. The number of Topliss-reactive ketones (excluding diaryl/α,β-unsaturated/α-hetero) is 1. The highest BCUT2D eigenvalue weighted by molar-refractivity contribution is 5.96. The Kier molecular flexibility index (Phi) is 3.30. The Hall–Kier alpha value is -1.29. The van der Waals surface area contributed by atoms with Crippen LogP contribution in [-0.4, -0.2) is 12.3 Å². The Morgan fingerprint density at radius 3 is 2.64 bits per heavy atom. The molecule has 2 nitrogen and oxygen atoms in total. The molecule has 0 fully saturated rings. The van der Waals surface area contributed by atoms with Gasteiger partial charge in [0.05, 0.1) is 5.56 Å². The van der Waals surface area contributed by atoms with Gasteiger partial charge in [-0.15, -0.1) is 0 Å². The first kappa shape index (κ1) is 10.8. The normalized spacial score (nSPS) is 10.3. The smallest absolute Gasteiger partial charge is 0.167 e. The summed E-state index contributed by atoms with van der Waals surface area (Å²) in [6.45, 7) is 1.46. The number of benzene rings is 1. The van der Waals surface area contributed by atoms with Gasteiger partial charge in [0.25, 0.3) is 0 Å². The van der Waals surface area contributed by atoms with Gasteiger partial charge in [0.15, 0.2) is 5.78 Å². The highest BCUT2D eigenvalue weighted by atomic mass is 19.1. The number of hydrogen-bond acceptors (Lipinski definition) is 2. The monoisotopic (exact) mass is 199 g/mol. The molecule has 0 spiro atoms. The quantitative estimate of drug-likeness (QED) is 0.754. The minimum absolute atomic E-state index is 0.0714. The Morgan fingerprint density at radius 1 is 1.43 bits per heavy atom. The first-order chi connectivity index (χ1) is 6.57. The molecule has 0 amide bonds. The number of rotatable bonds is 3. The van der Waals surface area contributed by atoms with E-state index in [0.717, 1.165) is 12.1 Å². The second kappa shape index (κ2) is 4.28. The van der Waals surface area contributed by atoms with Gasteiger partial charge < -0.3 is 5.73 Å². The minimum atomic E-state index is -0.788. The summed E-state index contributed by atoms with van der Waals surface area (Å²) in [7, 11) is 0. The molecule has 0 saturated carbocycles. The van der Waals surface area contributed by atoms with E-state index in [4.69, 9.17) is 5.73 Å². The number of halogens is 2. The van der Waals surface area contributed by atoms with Gasteiger partial charge in [-0.1, -0.05) is 0 Å². The minimum Gasteiger partial charge on any atom is -0.330 e. The number of nitrogens with two attached hydrogens (primary N) is 1. The van der Waals surface area contributed by atoms with Crippen LogP contribution in [0.5, 0.6) is 0 Å². The van der Waals surface area contributed by atoms with Crippen molar-refractivity contribution in [2.24, 2.45) is 5.73 Å². The van der Waals surface area contributed by atoms with Crippen LogP contribution in [0.1, 0.15) is 22.3 Å². The van der Waals surface area contributed by atoms with Crippen LogP contribution in [0.3, 0.4) is 0 Å². The van der Waals surface area contributed by atoms with Crippen molar-refractivity contribution in [3.63, 3.8) is 0 Å². The molecule has 0 bridgehead atoms. The molecule has 14 heavy (non-hydrogen) atoms. The van der Waals surface area contributed by atoms with E-state index in [1.165, 1.54) is 6.92 Å². The lowest BCUT2D eigenvalue weighted by molar-refractivity contribution is 0.0981. The molecule has 1 rings (SSSR count). The molecule has 76 valence electrons. The average Bonchev–Trinajstić information content (AvgIpc) is 2.15. The standard InChI is InChI=1S/C10H11F2NO/c1-6-8(11)3-2-7(10(6)12)9(14)4-5-13/h2-3H,4-5,13H2,1H3. The largest absolute Gasteiger partial charge is 0.330 e. The summed E-state index contributed by atoms with van der Waals surface area (Å²) in [5.41, 5.74) is 4.95. The van der Waals surface area contributed by atoms with Crippen molar-refractivity contribution >= 4 is 5.78 Å². The summed E-state index contributed by atoms with van der Waals surface area (Å²) >= 11 is 0. The van der Waals surface area contributed by atoms with E-state index < -0.39 is 17.4 Å². The predicted octanol–water partition coefficient (Wildman–Crippen LogP) is 1.80. The molecule has 0 saturated heterocycles. The molecule has 0 aliphatic carbocycles. The molecule has 0 aromatic heterocycles. The van der Waals surface area contributed by atoms with Crippen molar-refractivity contribution in [2.75, 3.05) is 6.54 Å². The molecule has 1 aromatic rings. The van der Waals surface area contributed by atoms with E-state index in [9.17, 15) is 13.6 Å². The lowest BCUT2D eigenvalue weighted by atomic mass is 10.0. The molecule has 0 aliphatic heterocycles. The number of hydrogen-bond donors (Lipinski definition) is 1. The molecule has 4 heteroatoms. The lowest BCUT2D eigenvalue weighted by Crippen LogP contribution is -2.10. The Bertz CT molecular complexity index is 363. The fourth-order valence-corrected chi connectivity index (χ4v) is 1.14. The Labute approximate surface area is 80.7 Å². The first-order valence-corrected chi connectivity index (χ1v) is 4.25. The SMILES string of the molecule is Cc1c(F)ccc(C(=O)CCN)c1F. The zero-order valence-electron chi connectivity index (χ0n) is 7.81. The molecular weight excluding hydrogens is 188 g/mol. The van der Waals surface area contributed by atoms with E-state index in [1.54, 1.807) is 0 Å². The zero-order chi connectivity index (χ0) is 10.7. The van der Waals surface area contributed by atoms with E-state index in [2.05, 4.69) is 0 Å². The molecule has 0 unspecified atom stereocenters. The van der Waals surface area contributed by atoms with Crippen LogP contribution in [0.25, 0.3) is 0 Å². The van der Waals surface area contributed by atoms with Gasteiger partial charge in [-0.25, -0.2) is 8.78 Å². The number of carbonyl (C=O) groups is 1. The van der Waals surface area contributed by atoms with Crippen LogP contribution in [0.15, 0.2) is 12.1 Å². The number of ketones is 1. The molecule has 1 aromatic carbocycles. The van der Waals surface area contributed by atoms with Gasteiger partial charge in [-0.3, -0.25) is 4.79 Å². The van der Waals surface area contributed by atoms with Crippen LogP contribution in [-0.2, 0) is 0 Å². The summed E-state index contributed by atoms with van der Waals surface area (Å²) in [6, 6.07) is 2.23. The summed E-state index contributed by atoms with van der Waals surface area (Å²) in [5.74, 6) is -1.83. The van der Waals surface area contributed by atoms with E-state index in [-0.39, 0.29) is 24.1 Å². The van der Waals surface area contributed by atoms with Crippen LogP contribution in [0.2, 0.25) is 0 Å². The van der Waals surface area contributed by atoms with E-state index in [0.29, 0.717) is 0 Å². The van der Waals surface area contributed by atoms with Crippen molar-refractivity contribution in [1.82, 2.24) is 0 Å². The third-order valence-corrected chi connectivity index (χ3v) is 1.99. The lowest BCUT2D eigenvalue weighted by Gasteiger charge is -2.04. The van der Waals surface area contributed by atoms with Gasteiger partial charge in [-0.2, -0.15) is 0 Å². The molecule has 0 radical (unpaired) electrons. The zero-order valence-corrected chi connectivity index (χ0v) is 7.81. The van der Waals surface area contributed by atoms with Gasteiger partial charge >= 0.3 is 0 Å². The molecule has 0 aliphatic rings. The van der Waals surface area contributed by atoms with Crippen LogP contribution in [0, 0.1) is 18.6 Å². The first-order valence-electron chi connectivity index (χ1n) is 4.25. The summed E-state index contributed by atoms with van der Waals surface area (Å²) in [6.07, 6.45) is 0.0714. The van der Waals surface area contributed by atoms with E-state index >= 15 is 0 Å². The highest BCUT2D eigenvalue weighted by Gasteiger charge is 2.14. The van der Waals surface area contributed by atoms with Crippen molar-refractivity contribution < 1.29 is 13.6 Å². The average molecular weight is 199 g/mol. The third kappa shape index (κ3) is 1.96. The summed E-state index contributed by atoms with van der Waals surface area (Å²) in [4.78, 5) is 11.3. The molecular formula is C10H11F2NO. The molecule has 0 heterocycles. The van der Waals surface area contributed by atoms with Crippen LogP contribution in [0.4, 0.5) is 8.78 Å². The Balaban J connectivity index is 3.11. The highest BCUT2D eigenvalue weighted by Crippen LogP contribution is 2.16. The second-order valence-electron chi connectivity index (χ2n) is 3.00.